The maximum absolute atomic E-state index is 12.3. The number of hydrogen-bond acceptors (Lipinski definition) is 3. The molecule has 2 amide bonds. The second-order valence-electron chi connectivity index (χ2n) is 4.89. The number of amides is 2. The van der Waals surface area contributed by atoms with Gasteiger partial charge in [-0.25, -0.2) is 4.79 Å². The molecule has 0 heterocycles. The van der Waals surface area contributed by atoms with E-state index in [0.29, 0.717) is 17.9 Å². The summed E-state index contributed by atoms with van der Waals surface area (Å²) < 4.78 is 4.80. The summed E-state index contributed by atoms with van der Waals surface area (Å²) in [5.74, 6) is -0.186. The van der Waals surface area contributed by atoms with Crippen LogP contribution in [0.4, 0.5) is 16.2 Å². The SMILES string of the molecule is CCOC(=O)Nc1ccc(C(=O)Nc2ccccc2CC)cc1. The molecule has 2 rings (SSSR count). The Bertz CT molecular complexity index is 681. The van der Waals surface area contributed by atoms with Crippen molar-refractivity contribution >= 4 is 23.4 Å². The van der Waals surface area contributed by atoms with Gasteiger partial charge in [-0.05, 0) is 49.2 Å². The van der Waals surface area contributed by atoms with Crippen LogP contribution in [0.25, 0.3) is 0 Å². The van der Waals surface area contributed by atoms with Gasteiger partial charge in [0.05, 0.1) is 6.61 Å². The minimum atomic E-state index is -0.512. The van der Waals surface area contributed by atoms with Gasteiger partial charge in [0, 0.05) is 16.9 Å². The van der Waals surface area contributed by atoms with Gasteiger partial charge in [-0.15, -0.1) is 0 Å². The summed E-state index contributed by atoms with van der Waals surface area (Å²) in [7, 11) is 0. The molecule has 0 aliphatic rings. The maximum Gasteiger partial charge on any atom is 0.411 e. The predicted octanol–water partition coefficient (Wildman–Crippen LogP) is 4.07. The Hall–Kier alpha value is -2.82. The van der Waals surface area contributed by atoms with Crippen molar-refractivity contribution in [1.82, 2.24) is 0 Å². The predicted molar refractivity (Wildman–Crippen MR) is 90.9 cm³/mol. The Morgan fingerprint density at radius 2 is 1.65 bits per heavy atom. The summed E-state index contributed by atoms with van der Waals surface area (Å²) in [5.41, 5.74) is 2.99. The average molecular weight is 312 g/mol. The van der Waals surface area contributed by atoms with Crippen molar-refractivity contribution in [3.8, 4) is 0 Å². The lowest BCUT2D eigenvalue weighted by atomic mass is 10.1. The molecule has 2 N–H and O–H groups in total. The molecule has 0 saturated heterocycles. The van der Waals surface area contributed by atoms with E-state index in [9.17, 15) is 9.59 Å². The highest BCUT2D eigenvalue weighted by atomic mass is 16.5. The Morgan fingerprint density at radius 3 is 2.30 bits per heavy atom. The van der Waals surface area contributed by atoms with Crippen molar-refractivity contribution in [3.63, 3.8) is 0 Å². The minimum absolute atomic E-state index is 0.186. The molecule has 5 heteroatoms. The van der Waals surface area contributed by atoms with Gasteiger partial charge in [0.15, 0.2) is 0 Å². The van der Waals surface area contributed by atoms with Crippen molar-refractivity contribution in [2.75, 3.05) is 17.2 Å². The number of carbonyl (C=O) groups excluding carboxylic acids is 2. The van der Waals surface area contributed by atoms with Crippen molar-refractivity contribution in [2.24, 2.45) is 0 Å². The third-order valence-electron chi connectivity index (χ3n) is 3.32. The van der Waals surface area contributed by atoms with Crippen LogP contribution in [-0.2, 0) is 11.2 Å². The van der Waals surface area contributed by atoms with E-state index in [1.54, 1.807) is 31.2 Å². The molecule has 120 valence electrons. The molecule has 0 aliphatic heterocycles. The number of ether oxygens (including phenoxy) is 1. The molecule has 5 nitrogen and oxygen atoms in total. The molecule has 0 fully saturated rings. The number of aryl methyl sites for hydroxylation is 1. The first-order chi connectivity index (χ1) is 11.1. The number of carbonyl (C=O) groups is 2. The van der Waals surface area contributed by atoms with E-state index < -0.39 is 6.09 Å². The summed E-state index contributed by atoms with van der Waals surface area (Å²) in [5, 5.41) is 5.49. The summed E-state index contributed by atoms with van der Waals surface area (Å²) in [6.45, 7) is 4.09. The molecular weight excluding hydrogens is 292 g/mol. The van der Waals surface area contributed by atoms with Gasteiger partial charge < -0.3 is 10.1 Å². The molecule has 2 aromatic carbocycles. The highest BCUT2D eigenvalue weighted by Crippen LogP contribution is 2.17. The second kappa shape index (κ2) is 7.98. The summed E-state index contributed by atoms with van der Waals surface area (Å²) >= 11 is 0. The third kappa shape index (κ3) is 4.57. The zero-order valence-corrected chi connectivity index (χ0v) is 13.3. The Kier molecular flexibility index (Phi) is 5.74. The van der Waals surface area contributed by atoms with Gasteiger partial charge >= 0.3 is 6.09 Å². The fourth-order valence-corrected chi connectivity index (χ4v) is 2.14. The Morgan fingerprint density at radius 1 is 0.957 bits per heavy atom. The number of rotatable bonds is 5. The number of nitrogens with one attached hydrogen (secondary N) is 2. The van der Waals surface area contributed by atoms with Crippen LogP contribution in [0.15, 0.2) is 48.5 Å². The molecule has 2 aromatic rings. The molecule has 0 atom stereocenters. The number of benzene rings is 2. The molecule has 0 spiro atoms. The molecule has 0 unspecified atom stereocenters. The zero-order valence-electron chi connectivity index (χ0n) is 13.3. The molecule has 0 aromatic heterocycles. The molecule has 23 heavy (non-hydrogen) atoms. The molecule has 0 bridgehead atoms. The van der Waals surface area contributed by atoms with Gasteiger partial charge in [-0.1, -0.05) is 25.1 Å². The molecule has 0 radical (unpaired) electrons. The average Bonchev–Trinajstić information content (AvgIpc) is 2.56. The maximum atomic E-state index is 12.3. The van der Waals surface area contributed by atoms with Gasteiger partial charge in [0.2, 0.25) is 0 Å². The van der Waals surface area contributed by atoms with Crippen LogP contribution in [-0.4, -0.2) is 18.6 Å². The van der Waals surface area contributed by atoms with Gasteiger partial charge in [0.1, 0.15) is 0 Å². The smallest absolute Gasteiger partial charge is 0.411 e. The fraction of sp³-hybridized carbons (Fsp3) is 0.222. The lowest BCUT2D eigenvalue weighted by Crippen LogP contribution is -2.15. The first-order valence-corrected chi connectivity index (χ1v) is 7.57. The summed E-state index contributed by atoms with van der Waals surface area (Å²) in [4.78, 5) is 23.6. The molecule has 0 aliphatic carbocycles. The van der Waals surface area contributed by atoms with Crippen LogP contribution in [0.1, 0.15) is 29.8 Å². The first-order valence-electron chi connectivity index (χ1n) is 7.57. The van der Waals surface area contributed by atoms with Crippen molar-refractivity contribution < 1.29 is 14.3 Å². The van der Waals surface area contributed by atoms with Crippen LogP contribution < -0.4 is 10.6 Å². The van der Waals surface area contributed by atoms with E-state index in [1.807, 2.05) is 31.2 Å². The van der Waals surface area contributed by atoms with Crippen molar-refractivity contribution in [3.05, 3.63) is 59.7 Å². The van der Waals surface area contributed by atoms with Crippen LogP contribution in [0.5, 0.6) is 0 Å². The van der Waals surface area contributed by atoms with Crippen LogP contribution in [0.2, 0.25) is 0 Å². The highest BCUT2D eigenvalue weighted by Gasteiger charge is 2.09. The number of hydrogen-bond donors (Lipinski definition) is 2. The van der Waals surface area contributed by atoms with E-state index in [0.717, 1.165) is 17.7 Å². The van der Waals surface area contributed by atoms with Gasteiger partial charge in [-0.3, -0.25) is 10.1 Å². The summed E-state index contributed by atoms with van der Waals surface area (Å²) in [6, 6.07) is 14.4. The van der Waals surface area contributed by atoms with Crippen LogP contribution in [0, 0.1) is 0 Å². The molecule has 0 saturated carbocycles. The van der Waals surface area contributed by atoms with Gasteiger partial charge in [0.25, 0.3) is 5.91 Å². The lowest BCUT2D eigenvalue weighted by Gasteiger charge is -2.10. The third-order valence-corrected chi connectivity index (χ3v) is 3.32. The molecular formula is C18H20N2O3. The van der Waals surface area contributed by atoms with Gasteiger partial charge in [-0.2, -0.15) is 0 Å². The van der Waals surface area contributed by atoms with E-state index in [2.05, 4.69) is 10.6 Å². The van der Waals surface area contributed by atoms with Crippen molar-refractivity contribution in [1.29, 1.82) is 0 Å². The van der Waals surface area contributed by atoms with Crippen LogP contribution in [0.3, 0.4) is 0 Å². The lowest BCUT2D eigenvalue weighted by molar-refractivity contribution is 0.102. The topological polar surface area (TPSA) is 67.4 Å². The first kappa shape index (κ1) is 16.5. The van der Waals surface area contributed by atoms with Crippen LogP contribution >= 0.6 is 0 Å². The van der Waals surface area contributed by atoms with E-state index in [-0.39, 0.29) is 5.91 Å². The Balaban J connectivity index is 2.04. The quantitative estimate of drug-likeness (QED) is 0.874. The van der Waals surface area contributed by atoms with Crippen molar-refractivity contribution in [2.45, 2.75) is 20.3 Å². The zero-order chi connectivity index (χ0) is 16.7. The Labute approximate surface area is 135 Å². The summed E-state index contributed by atoms with van der Waals surface area (Å²) in [6.07, 6.45) is 0.334. The highest BCUT2D eigenvalue weighted by molar-refractivity contribution is 6.05. The van der Waals surface area contributed by atoms with E-state index >= 15 is 0 Å². The fourth-order valence-electron chi connectivity index (χ4n) is 2.14. The van der Waals surface area contributed by atoms with E-state index in [1.165, 1.54) is 0 Å². The number of para-hydroxylation sites is 1. The normalized spacial score (nSPS) is 10.0. The standard InChI is InChI=1S/C18H20N2O3/c1-3-13-7-5-6-8-16(13)20-17(21)14-9-11-15(12-10-14)19-18(22)23-4-2/h5-12H,3-4H2,1-2H3,(H,19,22)(H,20,21). The monoisotopic (exact) mass is 312 g/mol. The minimum Gasteiger partial charge on any atom is -0.450 e. The number of anilines is 2. The van der Waals surface area contributed by atoms with E-state index in [4.69, 9.17) is 4.74 Å². The largest absolute Gasteiger partial charge is 0.450 e. The second-order valence-corrected chi connectivity index (χ2v) is 4.89.